The number of rotatable bonds is 7. The maximum absolute atomic E-state index is 13.1. The zero-order valence-electron chi connectivity index (χ0n) is 20.0. The molecule has 0 atom stereocenters. The molecule has 0 bridgehead atoms. The molecular weight excluding hydrogens is 466 g/mol. The Kier molecular flexibility index (Phi) is 6.98. The number of aromatic nitrogens is 3. The van der Waals surface area contributed by atoms with E-state index >= 15 is 0 Å². The van der Waals surface area contributed by atoms with Crippen molar-refractivity contribution in [1.29, 1.82) is 0 Å². The van der Waals surface area contributed by atoms with Gasteiger partial charge in [0.05, 0.1) is 29.1 Å². The van der Waals surface area contributed by atoms with Crippen LogP contribution in [0.4, 0.5) is 0 Å². The SMILES string of the molecule is Cc1nn(C)c(C)c1-c1c(Cl)ccc2c(CCCOS(C)(=O)=O)c(C(=O)OC(C)(C)C)[nH]c12. The summed E-state index contributed by atoms with van der Waals surface area (Å²) in [6.07, 6.45) is 1.83. The number of nitrogens with one attached hydrogen (secondary N) is 1. The fourth-order valence-electron chi connectivity index (χ4n) is 3.90. The number of benzene rings is 1. The molecule has 1 N–H and O–H groups in total. The number of ether oxygens (including phenoxy) is 1. The number of aryl methyl sites for hydroxylation is 3. The lowest BCUT2D eigenvalue weighted by Gasteiger charge is -2.19. The zero-order valence-corrected chi connectivity index (χ0v) is 21.6. The Hall–Kier alpha value is -2.36. The fourth-order valence-corrected chi connectivity index (χ4v) is 4.57. The summed E-state index contributed by atoms with van der Waals surface area (Å²) >= 11 is 6.66. The molecule has 0 fully saturated rings. The minimum atomic E-state index is -3.54. The second-order valence-corrected chi connectivity index (χ2v) is 11.2. The number of carbonyl (C=O) groups is 1. The minimum absolute atomic E-state index is 0.0144. The van der Waals surface area contributed by atoms with Crippen LogP contribution in [0.3, 0.4) is 0 Å². The van der Waals surface area contributed by atoms with E-state index in [2.05, 4.69) is 10.1 Å². The molecule has 8 nitrogen and oxygen atoms in total. The maximum atomic E-state index is 13.1. The summed E-state index contributed by atoms with van der Waals surface area (Å²) in [4.78, 5) is 16.3. The largest absolute Gasteiger partial charge is 0.455 e. The van der Waals surface area contributed by atoms with Crippen LogP contribution < -0.4 is 0 Å². The van der Waals surface area contributed by atoms with E-state index in [4.69, 9.17) is 20.5 Å². The third-order valence-electron chi connectivity index (χ3n) is 5.26. The van der Waals surface area contributed by atoms with Gasteiger partial charge in [-0.15, -0.1) is 0 Å². The maximum Gasteiger partial charge on any atom is 0.355 e. The van der Waals surface area contributed by atoms with Crippen molar-refractivity contribution >= 4 is 38.6 Å². The van der Waals surface area contributed by atoms with Gasteiger partial charge >= 0.3 is 5.97 Å². The standard InChI is InChI=1S/C23H30ClN3O5S/c1-13-18(14(2)27(6)26-13)19-17(24)11-10-16-15(9-8-12-31-33(7,29)30)21(25-20(16)19)22(28)32-23(3,4)5/h10-11,25H,8-9,12H2,1-7H3. The van der Waals surface area contributed by atoms with Crippen molar-refractivity contribution in [2.75, 3.05) is 12.9 Å². The first-order chi connectivity index (χ1) is 15.2. The molecule has 0 saturated carbocycles. The van der Waals surface area contributed by atoms with Crippen LogP contribution in [0.15, 0.2) is 12.1 Å². The molecule has 0 spiro atoms. The molecule has 33 heavy (non-hydrogen) atoms. The number of aromatic amines is 1. The lowest BCUT2D eigenvalue weighted by molar-refractivity contribution is 0.00625. The molecule has 0 aliphatic rings. The summed E-state index contributed by atoms with van der Waals surface area (Å²) in [6.45, 7) is 9.30. The predicted molar refractivity (Wildman–Crippen MR) is 129 cm³/mol. The van der Waals surface area contributed by atoms with Crippen LogP contribution in [0.25, 0.3) is 22.0 Å². The molecule has 3 rings (SSSR count). The molecule has 0 aliphatic heterocycles. The molecule has 1 aromatic carbocycles. The normalized spacial score (nSPS) is 12.5. The average molecular weight is 496 g/mol. The molecule has 2 heterocycles. The first-order valence-electron chi connectivity index (χ1n) is 10.6. The Morgan fingerprint density at radius 3 is 2.42 bits per heavy atom. The summed E-state index contributed by atoms with van der Waals surface area (Å²) in [5.41, 5.74) is 4.51. The van der Waals surface area contributed by atoms with E-state index in [0.717, 1.165) is 39.7 Å². The number of hydrogen-bond acceptors (Lipinski definition) is 6. The van der Waals surface area contributed by atoms with Gasteiger partial charge in [-0.3, -0.25) is 8.86 Å². The molecule has 3 aromatic rings. The second kappa shape index (κ2) is 9.12. The third-order valence-corrected chi connectivity index (χ3v) is 6.17. The quantitative estimate of drug-likeness (QED) is 0.289. The first kappa shape index (κ1) is 25.3. The van der Waals surface area contributed by atoms with E-state index in [1.165, 1.54) is 0 Å². The monoisotopic (exact) mass is 495 g/mol. The van der Waals surface area contributed by atoms with Crippen LogP contribution in [0, 0.1) is 13.8 Å². The highest BCUT2D eigenvalue weighted by Crippen LogP contribution is 2.40. The zero-order chi connectivity index (χ0) is 24.7. The Balaban J connectivity index is 2.17. The molecule has 0 radical (unpaired) electrons. The summed E-state index contributed by atoms with van der Waals surface area (Å²) in [7, 11) is -1.67. The van der Waals surface area contributed by atoms with Crippen LogP contribution in [-0.4, -0.2) is 47.6 Å². The predicted octanol–water partition coefficient (Wildman–Crippen LogP) is 4.70. The van der Waals surface area contributed by atoms with Gasteiger partial charge in [0.15, 0.2) is 0 Å². The second-order valence-electron chi connectivity index (χ2n) is 9.12. The first-order valence-corrected chi connectivity index (χ1v) is 12.8. The lowest BCUT2D eigenvalue weighted by atomic mass is 9.98. The number of H-pyrrole nitrogens is 1. The Morgan fingerprint density at radius 1 is 1.21 bits per heavy atom. The average Bonchev–Trinajstić information content (AvgIpc) is 3.14. The lowest BCUT2D eigenvalue weighted by Crippen LogP contribution is -2.24. The number of hydrogen-bond donors (Lipinski definition) is 1. The van der Waals surface area contributed by atoms with Crippen molar-refractivity contribution in [1.82, 2.24) is 14.8 Å². The summed E-state index contributed by atoms with van der Waals surface area (Å²) in [5, 5.41) is 5.86. The Bertz CT molecular complexity index is 1320. The van der Waals surface area contributed by atoms with E-state index in [1.54, 1.807) is 31.5 Å². The van der Waals surface area contributed by atoms with E-state index in [9.17, 15) is 13.2 Å². The van der Waals surface area contributed by atoms with Crippen molar-refractivity contribution < 1.29 is 22.1 Å². The summed E-state index contributed by atoms with van der Waals surface area (Å²) < 4.78 is 34.9. The Labute approximate surface area is 199 Å². The van der Waals surface area contributed by atoms with Crippen LogP contribution in [-0.2, 0) is 32.5 Å². The molecule has 10 heteroatoms. The fraction of sp³-hybridized carbons (Fsp3) is 0.478. The molecule has 180 valence electrons. The van der Waals surface area contributed by atoms with Crippen LogP contribution in [0.2, 0.25) is 5.02 Å². The van der Waals surface area contributed by atoms with Gasteiger partial charge in [-0.2, -0.15) is 13.5 Å². The Morgan fingerprint density at radius 2 is 1.88 bits per heavy atom. The van der Waals surface area contributed by atoms with E-state index in [-0.39, 0.29) is 6.61 Å². The smallest absolute Gasteiger partial charge is 0.355 e. The molecule has 2 aromatic heterocycles. The third kappa shape index (κ3) is 5.59. The van der Waals surface area contributed by atoms with Crippen molar-refractivity contribution in [2.45, 2.75) is 53.1 Å². The van der Waals surface area contributed by atoms with Crippen LogP contribution in [0.5, 0.6) is 0 Å². The molecule has 0 aliphatic carbocycles. The van der Waals surface area contributed by atoms with Crippen LogP contribution in [0.1, 0.15) is 54.6 Å². The number of halogens is 1. The van der Waals surface area contributed by atoms with Gasteiger partial charge in [0.25, 0.3) is 10.1 Å². The van der Waals surface area contributed by atoms with Gasteiger partial charge in [0.2, 0.25) is 0 Å². The van der Waals surface area contributed by atoms with Crippen molar-refractivity contribution in [3.8, 4) is 11.1 Å². The number of esters is 1. The van der Waals surface area contributed by atoms with Gasteiger partial charge in [0.1, 0.15) is 11.3 Å². The summed E-state index contributed by atoms with van der Waals surface area (Å²) in [6, 6.07) is 3.66. The van der Waals surface area contributed by atoms with E-state index in [1.807, 2.05) is 27.0 Å². The van der Waals surface area contributed by atoms with Gasteiger partial charge in [-0.1, -0.05) is 17.7 Å². The minimum Gasteiger partial charge on any atom is -0.455 e. The molecular formula is C23H30ClN3O5S. The van der Waals surface area contributed by atoms with Gasteiger partial charge in [0, 0.05) is 29.3 Å². The number of carbonyl (C=O) groups excluding carboxylic acids is 1. The highest BCUT2D eigenvalue weighted by atomic mass is 35.5. The molecule has 0 amide bonds. The molecule has 0 saturated heterocycles. The number of fused-ring (bicyclic) bond motifs is 1. The van der Waals surface area contributed by atoms with Gasteiger partial charge < -0.3 is 9.72 Å². The topological polar surface area (TPSA) is 103 Å². The van der Waals surface area contributed by atoms with Gasteiger partial charge in [-0.25, -0.2) is 4.79 Å². The van der Waals surface area contributed by atoms with E-state index in [0.29, 0.717) is 29.1 Å². The van der Waals surface area contributed by atoms with Crippen molar-refractivity contribution in [3.05, 3.63) is 39.8 Å². The van der Waals surface area contributed by atoms with Crippen molar-refractivity contribution in [3.63, 3.8) is 0 Å². The highest BCUT2D eigenvalue weighted by Gasteiger charge is 2.27. The van der Waals surface area contributed by atoms with Gasteiger partial charge in [-0.05, 0) is 59.1 Å². The van der Waals surface area contributed by atoms with E-state index < -0.39 is 21.7 Å². The van der Waals surface area contributed by atoms with Crippen LogP contribution >= 0.6 is 11.6 Å². The number of nitrogens with zero attached hydrogens (tertiary/aromatic N) is 2. The highest BCUT2D eigenvalue weighted by molar-refractivity contribution is 7.85. The molecule has 0 unspecified atom stereocenters. The summed E-state index contributed by atoms with van der Waals surface area (Å²) in [5.74, 6) is -0.487. The van der Waals surface area contributed by atoms with Crippen molar-refractivity contribution in [2.24, 2.45) is 7.05 Å².